The highest BCUT2D eigenvalue weighted by Crippen LogP contribution is 2.63. The van der Waals surface area contributed by atoms with E-state index >= 15 is 0 Å². The molecule has 2 heteroatoms. The standard InChI is InChI=1S/C20H30BCl/c1-11-15-7-13(19(15,3)4)9-17(11)21(22)18-10-14-8-16(12(18)2)20(14,5)6/h9-16H,7-8H2,1-6H3. The normalized spacial score (nSPS) is 46.9. The zero-order valence-corrected chi connectivity index (χ0v) is 15.7. The Morgan fingerprint density at radius 1 is 0.864 bits per heavy atom. The minimum atomic E-state index is 0.160. The lowest BCUT2D eigenvalue weighted by Crippen LogP contribution is -2.54. The van der Waals surface area contributed by atoms with E-state index in [2.05, 4.69) is 53.7 Å². The molecule has 0 radical (unpaired) electrons. The third-order valence-electron chi connectivity index (χ3n) is 8.47. The second kappa shape index (κ2) is 4.47. The van der Waals surface area contributed by atoms with Gasteiger partial charge in [-0.3, -0.25) is 0 Å². The van der Waals surface area contributed by atoms with E-state index in [0.717, 1.165) is 23.7 Å². The van der Waals surface area contributed by atoms with Crippen LogP contribution in [-0.4, -0.2) is 6.13 Å². The fourth-order valence-corrected chi connectivity index (χ4v) is 6.85. The highest BCUT2D eigenvalue weighted by atomic mass is 35.5. The molecule has 6 aliphatic carbocycles. The van der Waals surface area contributed by atoms with E-state index in [1.165, 1.54) is 12.8 Å². The van der Waals surface area contributed by atoms with Gasteiger partial charge in [-0.1, -0.05) is 64.6 Å². The summed E-state index contributed by atoms with van der Waals surface area (Å²) < 4.78 is 0. The van der Waals surface area contributed by atoms with Crippen LogP contribution in [0.2, 0.25) is 0 Å². The lowest BCUT2D eigenvalue weighted by molar-refractivity contribution is -0.0303. The van der Waals surface area contributed by atoms with Crippen molar-refractivity contribution in [3.63, 3.8) is 0 Å². The SMILES string of the molecule is CC1C(B(Cl)C2=CC3CC(C2C)C3(C)C)=CC2CC1C2(C)C. The quantitative estimate of drug-likeness (QED) is 0.567. The number of rotatable bonds is 2. The summed E-state index contributed by atoms with van der Waals surface area (Å²) in [7, 11) is 0. The predicted octanol–water partition coefficient (Wildman–Crippen LogP) is 5.77. The largest absolute Gasteiger partial charge is 0.307 e. The first-order valence-electron chi connectivity index (χ1n) is 9.23. The fraction of sp³-hybridized carbons (Fsp3) is 0.800. The van der Waals surface area contributed by atoms with Crippen LogP contribution in [0.25, 0.3) is 0 Å². The summed E-state index contributed by atoms with van der Waals surface area (Å²) in [5.41, 5.74) is 4.07. The molecular weight excluding hydrogens is 286 g/mol. The summed E-state index contributed by atoms with van der Waals surface area (Å²) in [5, 5.41) is 0. The van der Waals surface area contributed by atoms with Gasteiger partial charge < -0.3 is 0 Å². The predicted molar refractivity (Wildman–Crippen MR) is 96.9 cm³/mol. The Bertz CT molecular complexity index is 520. The van der Waals surface area contributed by atoms with E-state index in [0.29, 0.717) is 22.7 Å². The molecule has 0 N–H and O–H groups in total. The first-order chi connectivity index (χ1) is 10.2. The monoisotopic (exact) mass is 316 g/mol. The number of hydrogen-bond acceptors (Lipinski definition) is 0. The van der Waals surface area contributed by atoms with Gasteiger partial charge in [0.05, 0.1) is 0 Å². The molecule has 0 aromatic rings. The van der Waals surface area contributed by atoms with Gasteiger partial charge in [0.1, 0.15) is 0 Å². The smallest absolute Gasteiger partial charge is 0.183 e. The molecule has 0 saturated heterocycles. The van der Waals surface area contributed by atoms with Gasteiger partial charge in [-0.2, -0.15) is 11.5 Å². The second-order valence-electron chi connectivity index (χ2n) is 9.81. The molecule has 22 heavy (non-hydrogen) atoms. The van der Waals surface area contributed by atoms with Gasteiger partial charge >= 0.3 is 6.13 Å². The van der Waals surface area contributed by atoms with Crippen LogP contribution in [0.5, 0.6) is 0 Å². The molecule has 0 aromatic heterocycles. The first-order valence-corrected chi connectivity index (χ1v) is 9.66. The lowest BCUT2D eigenvalue weighted by atomic mass is 9.37. The molecule has 4 bridgehead atoms. The Labute approximate surface area is 141 Å². The van der Waals surface area contributed by atoms with Crippen LogP contribution < -0.4 is 0 Å². The highest BCUT2D eigenvalue weighted by molar-refractivity contribution is 7.15. The third kappa shape index (κ3) is 1.73. The zero-order chi connectivity index (χ0) is 16.0. The zero-order valence-electron chi connectivity index (χ0n) is 15.0. The molecular formula is C20H30BCl. The van der Waals surface area contributed by atoms with Gasteiger partial charge in [0.2, 0.25) is 0 Å². The molecule has 2 fully saturated rings. The van der Waals surface area contributed by atoms with Gasteiger partial charge in [-0.05, 0) is 59.2 Å². The molecule has 2 saturated carbocycles. The van der Waals surface area contributed by atoms with Crippen molar-refractivity contribution in [2.24, 2.45) is 46.3 Å². The van der Waals surface area contributed by atoms with Crippen LogP contribution in [0.15, 0.2) is 23.1 Å². The first kappa shape index (κ1) is 15.4. The molecule has 0 nitrogen and oxygen atoms in total. The van der Waals surface area contributed by atoms with Crippen LogP contribution in [0.4, 0.5) is 0 Å². The second-order valence-corrected chi connectivity index (χ2v) is 10.2. The van der Waals surface area contributed by atoms with Crippen LogP contribution >= 0.6 is 11.5 Å². The summed E-state index contributed by atoms with van der Waals surface area (Å²) in [6, 6.07) is 0. The molecule has 0 amide bonds. The number of hydrogen-bond donors (Lipinski definition) is 0. The molecule has 0 aliphatic heterocycles. The summed E-state index contributed by atoms with van der Waals surface area (Å²) in [5.74, 6) is 4.50. The van der Waals surface area contributed by atoms with Crippen molar-refractivity contribution in [2.45, 2.75) is 54.4 Å². The van der Waals surface area contributed by atoms with Crippen molar-refractivity contribution in [3.05, 3.63) is 23.1 Å². The molecule has 6 aliphatic rings. The summed E-state index contributed by atoms with van der Waals surface area (Å²) in [6.45, 7) is 14.6. The van der Waals surface area contributed by atoms with Crippen LogP contribution in [0.1, 0.15) is 54.4 Å². The van der Waals surface area contributed by atoms with Crippen LogP contribution in [-0.2, 0) is 0 Å². The van der Waals surface area contributed by atoms with E-state index in [9.17, 15) is 0 Å². The molecule has 0 aromatic carbocycles. The summed E-state index contributed by atoms with van der Waals surface area (Å²) >= 11 is 7.05. The van der Waals surface area contributed by atoms with Gasteiger partial charge in [0, 0.05) is 0 Å². The maximum absolute atomic E-state index is 7.05. The van der Waals surface area contributed by atoms with E-state index in [4.69, 9.17) is 11.5 Å². The number of halogens is 1. The Morgan fingerprint density at radius 2 is 1.23 bits per heavy atom. The minimum Gasteiger partial charge on any atom is -0.183 e. The van der Waals surface area contributed by atoms with Crippen molar-refractivity contribution < 1.29 is 0 Å². The molecule has 6 atom stereocenters. The molecule has 0 heterocycles. The van der Waals surface area contributed by atoms with Gasteiger partial charge in [-0.25, -0.2) is 0 Å². The van der Waals surface area contributed by atoms with Crippen molar-refractivity contribution in [1.82, 2.24) is 0 Å². The number of fused-ring (bicyclic) bond motifs is 2. The van der Waals surface area contributed by atoms with Gasteiger partial charge in [0.25, 0.3) is 0 Å². The Morgan fingerprint density at radius 3 is 1.50 bits per heavy atom. The van der Waals surface area contributed by atoms with E-state index in [1.807, 2.05) is 0 Å². The third-order valence-corrected chi connectivity index (χ3v) is 8.97. The van der Waals surface area contributed by atoms with Crippen molar-refractivity contribution in [1.29, 1.82) is 0 Å². The topological polar surface area (TPSA) is 0 Å². The van der Waals surface area contributed by atoms with Crippen LogP contribution in [0, 0.1) is 46.3 Å². The van der Waals surface area contributed by atoms with E-state index < -0.39 is 0 Å². The highest BCUT2D eigenvalue weighted by Gasteiger charge is 2.57. The average Bonchev–Trinajstić information content (AvgIpc) is 2.45. The number of allylic oxidation sites excluding steroid dienone is 4. The van der Waals surface area contributed by atoms with E-state index in [-0.39, 0.29) is 6.13 Å². The maximum Gasteiger partial charge on any atom is 0.307 e. The Hall–Kier alpha value is -0.165. The minimum absolute atomic E-state index is 0.160. The van der Waals surface area contributed by atoms with Crippen molar-refractivity contribution in [2.75, 3.05) is 0 Å². The van der Waals surface area contributed by atoms with Crippen LogP contribution in [0.3, 0.4) is 0 Å². The molecule has 120 valence electrons. The van der Waals surface area contributed by atoms with Gasteiger partial charge in [-0.15, -0.1) is 0 Å². The van der Waals surface area contributed by atoms with Crippen molar-refractivity contribution in [3.8, 4) is 0 Å². The Balaban J connectivity index is 1.63. The Kier molecular flexibility index (Phi) is 3.12. The fourth-order valence-electron chi connectivity index (χ4n) is 6.31. The average molecular weight is 317 g/mol. The molecule has 6 unspecified atom stereocenters. The summed E-state index contributed by atoms with van der Waals surface area (Å²) in [4.78, 5) is 0. The summed E-state index contributed by atoms with van der Waals surface area (Å²) in [6.07, 6.45) is 8.04. The molecule has 0 spiro atoms. The van der Waals surface area contributed by atoms with E-state index in [1.54, 1.807) is 10.9 Å². The lowest BCUT2D eigenvalue weighted by Gasteiger charge is -2.60. The van der Waals surface area contributed by atoms with Gasteiger partial charge in [0.15, 0.2) is 0 Å². The van der Waals surface area contributed by atoms with Crippen molar-refractivity contribution >= 4 is 17.6 Å². The maximum atomic E-state index is 7.05. The molecule has 6 rings (SSSR count).